The Kier molecular flexibility index (Phi) is 7.47. The summed E-state index contributed by atoms with van der Waals surface area (Å²) in [5.41, 5.74) is 2.61. The van der Waals surface area contributed by atoms with Gasteiger partial charge in [0.25, 0.3) is 10.1 Å². The lowest BCUT2D eigenvalue weighted by atomic mass is 9.89. The molecule has 0 saturated carbocycles. The van der Waals surface area contributed by atoms with Crippen LogP contribution in [0.1, 0.15) is 94.3 Å². The van der Waals surface area contributed by atoms with Gasteiger partial charge in [0.15, 0.2) is 0 Å². The van der Waals surface area contributed by atoms with Crippen molar-refractivity contribution in [3.63, 3.8) is 0 Å². The minimum absolute atomic E-state index is 0.00174. The summed E-state index contributed by atoms with van der Waals surface area (Å²) in [6, 6.07) is 7.33. The lowest BCUT2D eigenvalue weighted by molar-refractivity contribution is -0.149. The Balaban J connectivity index is 1.93. The van der Waals surface area contributed by atoms with Crippen LogP contribution >= 0.6 is 0 Å². The molecule has 8 heteroatoms. The van der Waals surface area contributed by atoms with E-state index >= 15 is 0 Å². The van der Waals surface area contributed by atoms with Gasteiger partial charge in [0.05, 0.1) is 12.7 Å². The van der Waals surface area contributed by atoms with Crippen LogP contribution in [0.4, 0.5) is 0 Å². The zero-order valence-corrected chi connectivity index (χ0v) is 20.4. The van der Waals surface area contributed by atoms with Gasteiger partial charge in [0.2, 0.25) is 5.91 Å². The molecule has 32 heavy (non-hydrogen) atoms. The molecule has 0 spiro atoms. The maximum atomic E-state index is 13.5. The summed E-state index contributed by atoms with van der Waals surface area (Å²) in [4.78, 5) is 11.5. The topological polar surface area (TPSA) is 94.8 Å². The van der Waals surface area contributed by atoms with E-state index in [2.05, 4.69) is 19.2 Å². The minimum atomic E-state index is -4.08. The van der Waals surface area contributed by atoms with Gasteiger partial charge in [-0.1, -0.05) is 53.7 Å². The standard InChI is InChI=1S/C24H33NO6S/c1-14(2)17-10-18(15(3)4)24(19(11-17)16(5)6)32(27,28)30-13-21(20-8-7-9-29-20)31-23-12-22(26)25-23/h7-11,14-16,21,23H,12-13H2,1-6H3,(H,25,26)/t21-,23+/m0/s1. The number of β-lactam (4-membered cyclic amide) rings is 1. The molecule has 1 aliphatic rings. The monoisotopic (exact) mass is 463 g/mol. The predicted molar refractivity (Wildman–Crippen MR) is 121 cm³/mol. The third kappa shape index (κ3) is 5.42. The second-order valence-electron chi connectivity index (χ2n) is 9.13. The Morgan fingerprint density at radius 2 is 1.66 bits per heavy atom. The van der Waals surface area contributed by atoms with Crippen molar-refractivity contribution in [2.45, 2.75) is 82.9 Å². The molecule has 2 atom stereocenters. The highest BCUT2D eigenvalue weighted by atomic mass is 32.2. The number of hydrogen-bond acceptors (Lipinski definition) is 6. The van der Waals surface area contributed by atoms with E-state index in [1.54, 1.807) is 12.1 Å². The fourth-order valence-electron chi connectivity index (χ4n) is 3.66. The third-order valence-corrected chi connectivity index (χ3v) is 7.00. The van der Waals surface area contributed by atoms with Crippen molar-refractivity contribution in [1.82, 2.24) is 5.32 Å². The number of amides is 1. The van der Waals surface area contributed by atoms with Crippen LogP contribution in [0.15, 0.2) is 39.8 Å². The summed E-state index contributed by atoms with van der Waals surface area (Å²) in [5, 5.41) is 2.62. The van der Waals surface area contributed by atoms with E-state index in [0.29, 0.717) is 5.76 Å². The Labute approximate surface area is 190 Å². The average Bonchev–Trinajstić information content (AvgIpc) is 3.22. The number of ether oxygens (including phenoxy) is 1. The molecule has 0 radical (unpaired) electrons. The molecule has 3 rings (SSSR count). The van der Waals surface area contributed by atoms with Gasteiger partial charge >= 0.3 is 0 Å². The van der Waals surface area contributed by atoms with E-state index in [1.165, 1.54) is 6.26 Å². The zero-order valence-electron chi connectivity index (χ0n) is 19.5. The van der Waals surface area contributed by atoms with E-state index in [-0.39, 0.29) is 41.6 Å². The predicted octanol–water partition coefficient (Wildman–Crippen LogP) is 4.96. The average molecular weight is 464 g/mol. The van der Waals surface area contributed by atoms with Crippen LogP contribution in [0.3, 0.4) is 0 Å². The lowest BCUT2D eigenvalue weighted by Crippen LogP contribution is -2.50. The van der Waals surface area contributed by atoms with Crippen molar-refractivity contribution >= 4 is 16.0 Å². The van der Waals surface area contributed by atoms with E-state index in [9.17, 15) is 13.2 Å². The molecule has 1 N–H and O–H groups in total. The molecule has 1 aromatic heterocycles. The lowest BCUT2D eigenvalue weighted by Gasteiger charge is -2.30. The highest BCUT2D eigenvalue weighted by molar-refractivity contribution is 7.86. The van der Waals surface area contributed by atoms with Crippen LogP contribution in [0.2, 0.25) is 0 Å². The molecule has 0 aliphatic carbocycles. The number of nitrogens with one attached hydrogen (secondary N) is 1. The summed E-state index contributed by atoms with van der Waals surface area (Å²) in [7, 11) is -4.08. The summed E-state index contributed by atoms with van der Waals surface area (Å²) < 4.78 is 43.8. The Bertz CT molecular complexity index is 1000. The van der Waals surface area contributed by atoms with Crippen molar-refractivity contribution in [2.24, 2.45) is 0 Å². The first kappa shape index (κ1) is 24.5. The van der Waals surface area contributed by atoms with Gasteiger partial charge in [0, 0.05) is 0 Å². The van der Waals surface area contributed by atoms with E-state index in [4.69, 9.17) is 13.3 Å². The highest BCUT2D eigenvalue weighted by Gasteiger charge is 2.33. The molecule has 1 fully saturated rings. The normalized spacial score (nSPS) is 17.7. The smallest absolute Gasteiger partial charge is 0.297 e. The molecule has 1 amide bonds. The van der Waals surface area contributed by atoms with Crippen LogP contribution in [-0.4, -0.2) is 27.2 Å². The largest absolute Gasteiger partial charge is 0.466 e. The Hall–Kier alpha value is -2.16. The number of rotatable bonds is 10. The number of furan rings is 1. The van der Waals surface area contributed by atoms with Crippen molar-refractivity contribution in [1.29, 1.82) is 0 Å². The number of benzene rings is 1. The van der Waals surface area contributed by atoms with Gasteiger partial charge in [-0.15, -0.1) is 0 Å². The van der Waals surface area contributed by atoms with Crippen LogP contribution in [0.25, 0.3) is 0 Å². The summed E-state index contributed by atoms with van der Waals surface area (Å²) in [5.74, 6) is 0.598. The Morgan fingerprint density at radius 3 is 2.09 bits per heavy atom. The first-order chi connectivity index (χ1) is 15.0. The molecule has 1 aliphatic heterocycles. The van der Waals surface area contributed by atoms with Gasteiger partial charge in [-0.05, 0) is 46.6 Å². The van der Waals surface area contributed by atoms with Crippen LogP contribution in [0.5, 0.6) is 0 Å². The number of carbonyl (C=O) groups is 1. The summed E-state index contributed by atoms with van der Waals surface area (Å²) in [6.45, 7) is 11.9. The van der Waals surface area contributed by atoms with Gasteiger partial charge in [-0.3, -0.25) is 8.98 Å². The summed E-state index contributed by atoms with van der Waals surface area (Å²) >= 11 is 0. The van der Waals surface area contributed by atoms with Crippen molar-refractivity contribution in [3.05, 3.63) is 53.0 Å². The SMILES string of the molecule is CC(C)c1cc(C(C)C)c(S(=O)(=O)OC[C@H](O[C@@H]2CC(=O)N2)c2ccco2)c(C(C)C)c1. The molecule has 1 aromatic carbocycles. The molecule has 0 bridgehead atoms. The Morgan fingerprint density at radius 1 is 1.06 bits per heavy atom. The minimum Gasteiger partial charge on any atom is -0.466 e. The molecule has 7 nitrogen and oxygen atoms in total. The second kappa shape index (κ2) is 9.77. The maximum Gasteiger partial charge on any atom is 0.297 e. The molecule has 2 heterocycles. The van der Waals surface area contributed by atoms with E-state index < -0.39 is 22.4 Å². The highest BCUT2D eigenvalue weighted by Crippen LogP contribution is 2.36. The van der Waals surface area contributed by atoms with E-state index in [0.717, 1.165) is 16.7 Å². The van der Waals surface area contributed by atoms with Crippen LogP contribution < -0.4 is 5.32 Å². The quantitative estimate of drug-likeness (QED) is 0.395. The van der Waals surface area contributed by atoms with Crippen molar-refractivity contribution in [2.75, 3.05) is 6.61 Å². The van der Waals surface area contributed by atoms with Crippen LogP contribution in [-0.2, 0) is 23.8 Å². The van der Waals surface area contributed by atoms with Crippen LogP contribution in [0, 0.1) is 0 Å². The fraction of sp³-hybridized carbons (Fsp3) is 0.542. The first-order valence-electron chi connectivity index (χ1n) is 11.0. The zero-order chi connectivity index (χ0) is 23.6. The fourth-order valence-corrected chi connectivity index (χ4v) is 5.25. The van der Waals surface area contributed by atoms with Gasteiger partial charge < -0.3 is 14.5 Å². The van der Waals surface area contributed by atoms with Crippen molar-refractivity contribution in [3.8, 4) is 0 Å². The number of hydrogen-bond donors (Lipinski definition) is 1. The summed E-state index contributed by atoms with van der Waals surface area (Å²) in [6.07, 6.45) is 0.435. The van der Waals surface area contributed by atoms with Crippen molar-refractivity contribution < 1.29 is 26.5 Å². The van der Waals surface area contributed by atoms with Gasteiger partial charge in [0.1, 0.15) is 29.6 Å². The second-order valence-corrected chi connectivity index (χ2v) is 10.7. The third-order valence-electron chi connectivity index (χ3n) is 5.59. The number of carbonyl (C=O) groups excluding carboxylic acids is 1. The molecule has 1 saturated heterocycles. The maximum absolute atomic E-state index is 13.5. The first-order valence-corrected chi connectivity index (χ1v) is 12.5. The molecular weight excluding hydrogens is 430 g/mol. The van der Waals surface area contributed by atoms with E-state index in [1.807, 2.05) is 39.8 Å². The van der Waals surface area contributed by atoms with Gasteiger partial charge in [-0.2, -0.15) is 8.42 Å². The molecule has 0 unspecified atom stereocenters. The molecular formula is C24H33NO6S. The molecule has 2 aromatic rings. The van der Waals surface area contributed by atoms with Gasteiger partial charge in [-0.25, -0.2) is 0 Å². The molecule has 176 valence electrons.